The molecule has 0 spiro atoms. The van der Waals surface area contributed by atoms with Gasteiger partial charge in [0, 0.05) is 24.8 Å². The van der Waals surface area contributed by atoms with E-state index in [1.54, 1.807) is 0 Å². The van der Waals surface area contributed by atoms with Crippen molar-refractivity contribution in [3.05, 3.63) is 36.3 Å². The largest absolute Gasteiger partial charge is 0.348 e. The Balaban J connectivity index is 1.78. The Hall–Kier alpha value is -1.98. The van der Waals surface area contributed by atoms with Crippen LogP contribution >= 0.6 is 0 Å². The molecule has 1 aliphatic heterocycles. The minimum absolute atomic E-state index is 0.000412. The molecule has 5 nitrogen and oxygen atoms in total. The SMILES string of the molecule is CCCc1nc2cnc3ccccc3c2n1CC(C)(C)CC1(C)OCCO1. The fraction of sp³-hybridized carbons (Fsp3) is 0.545. The number of aromatic nitrogens is 3. The Morgan fingerprint density at radius 3 is 2.63 bits per heavy atom. The molecule has 0 N–H and O–H groups in total. The lowest BCUT2D eigenvalue weighted by Gasteiger charge is -2.34. The number of imidazole rings is 1. The monoisotopic (exact) mass is 367 g/mol. The summed E-state index contributed by atoms with van der Waals surface area (Å²) in [6.45, 7) is 11.1. The number of benzene rings is 1. The molecule has 0 radical (unpaired) electrons. The number of pyridine rings is 1. The van der Waals surface area contributed by atoms with E-state index in [4.69, 9.17) is 14.5 Å². The first kappa shape index (κ1) is 18.4. The molecule has 4 rings (SSSR count). The van der Waals surface area contributed by atoms with E-state index in [0.29, 0.717) is 13.2 Å². The van der Waals surface area contributed by atoms with Crippen LogP contribution in [0.3, 0.4) is 0 Å². The average molecular weight is 367 g/mol. The maximum Gasteiger partial charge on any atom is 0.166 e. The third-order valence-corrected chi connectivity index (χ3v) is 5.32. The molecule has 0 bridgehead atoms. The van der Waals surface area contributed by atoms with Gasteiger partial charge in [-0.25, -0.2) is 4.98 Å². The highest BCUT2D eigenvalue weighted by molar-refractivity contribution is 6.02. The van der Waals surface area contributed by atoms with Gasteiger partial charge in [0.1, 0.15) is 11.3 Å². The van der Waals surface area contributed by atoms with E-state index in [-0.39, 0.29) is 5.41 Å². The maximum absolute atomic E-state index is 5.87. The van der Waals surface area contributed by atoms with Crippen LogP contribution in [0.5, 0.6) is 0 Å². The predicted molar refractivity (Wildman–Crippen MR) is 108 cm³/mol. The Labute approximate surface area is 160 Å². The molecule has 2 aromatic heterocycles. The number of para-hydroxylation sites is 1. The highest BCUT2D eigenvalue weighted by Gasteiger charge is 2.38. The number of aryl methyl sites for hydroxylation is 1. The minimum Gasteiger partial charge on any atom is -0.348 e. The number of hydrogen-bond donors (Lipinski definition) is 0. The molecule has 1 saturated heterocycles. The van der Waals surface area contributed by atoms with Gasteiger partial charge in [-0.15, -0.1) is 0 Å². The predicted octanol–water partition coefficient (Wildman–Crippen LogP) is 4.72. The highest BCUT2D eigenvalue weighted by Crippen LogP contribution is 2.37. The second-order valence-electron chi connectivity index (χ2n) is 8.55. The molecule has 3 heterocycles. The number of ether oxygens (including phenoxy) is 2. The summed E-state index contributed by atoms with van der Waals surface area (Å²) in [6.07, 6.45) is 4.78. The molecule has 0 atom stereocenters. The lowest BCUT2D eigenvalue weighted by molar-refractivity contribution is -0.164. The Kier molecular flexibility index (Phi) is 4.68. The highest BCUT2D eigenvalue weighted by atomic mass is 16.7. The Morgan fingerprint density at radius 1 is 1.15 bits per heavy atom. The van der Waals surface area contributed by atoms with Crippen LogP contribution in [0.25, 0.3) is 21.9 Å². The molecule has 1 aliphatic rings. The summed E-state index contributed by atoms with van der Waals surface area (Å²) >= 11 is 0. The lowest BCUT2D eigenvalue weighted by atomic mass is 9.85. The topological polar surface area (TPSA) is 49.2 Å². The number of rotatable bonds is 6. The third kappa shape index (κ3) is 3.58. The van der Waals surface area contributed by atoms with Crippen LogP contribution in [-0.2, 0) is 22.4 Å². The molecular formula is C22H29N3O2. The molecule has 5 heteroatoms. The Morgan fingerprint density at radius 2 is 1.89 bits per heavy atom. The zero-order valence-electron chi connectivity index (χ0n) is 16.8. The van der Waals surface area contributed by atoms with E-state index in [1.807, 2.05) is 12.3 Å². The summed E-state index contributed by atoms with van der Waals surface area (Å²) in [6, 6.07) is 8.33. The van der Waals surface area contributed by atoms with Crippen molar-refractivity contribution in [1.82, 2.24) is 14.5 Å². The fourth-order valence-corrected chi connectivity index (χ4v) is 4.41. The number of nitrogens with zero attached hydrogens (tertiary/aromatic N) is 3. The van der Waals surface area contributed by atoms with E-state index in [1.165, 1.54) is 10.9 Å². The van der Waals surface area contributed by atoms with E-state index in [9.17, 15) is 0 Å². The molecule has 1 fully saturated rings. The molecule has 0 saturated carbocycles. The molecule has 0 aliphatic carbocycles. The van der Waals surface area contributed by atoms with Crippen LogP contribution in [0, 0.1) is 5.41 Å². The zero-order chi connectivity index (χ0) is 19.1. The van der Waals surface area contributed by atoms with Gasteiger partial charge in [0.25, 0.3) is 0 Å². The van der Waals surface area contributed by atoms with Crippen molar-refractivity contribution in [3.63, 3.8) is 0 Å². The van der Waals surface area contributed by atoms with Crippen molar-refractivity contribution in [3.8, 4) is 0 Å². The van der Waals surface area contributed by atoms with Gasteiger partial charge in [-0.05, 0) is 24.8 Å². The van der Waals surface area contributed by atoms with Crippen LogP contribution in [-0.4, -0.2) is 33.5 Å². The molecule has 1 aromatic carbocycles. The van der Waals surface area contributed by atoms with Crippen LogP contribution in [0.15, 0.2) is 30.5 Å². The summed E-state index contributed by atoms with van der Waals surface area (Å²) in [7, 11) is 0. The first-order chi connectivity index (χ1) is 12.9. The fourth-order valence-electron chi connectivity index (χ4n) is 4.41. The van der Waals surface area contributed by atoms with Crippen LogP contribution < -0.4 is 0 Å². The van der Waals surface area contributed by atoms with Gasteiger partial charge >= 0.3 is 0 Å². The van der Waals surface area contributed by atoms with Gasteiger partial charge in [-0.1, -0.05) is 39.0 Å². The van der Waals surface area contributed by atoms with Gasteiger partial charge in [0.05, 0.1) is 30.4 Å². The van der Waals surface area contributed by atoms with Crippen molar-refractivity contribution < 1.29 is 9.47 Å². The Bertz CT molecular complexity index is 955. The molecule has 0 amide bonds. The molecular weight excluding hydrogens is 338 g/mol. The normalized spacial score (nSPS) is 17.2. The molecule has 3 aromatic rings. The van der Waals surface area contributed by atoms with E-state index >= 15 is 0 Å². The number of fused-ring (bicyclic) bond motifs is 3. The average Bonchev–Trinajstić information content (AvgIpc) is 3.18. The van der Waals surface area contributed by atoms with Gasteiger partial charge in [0.15, 0.2) is 5.79 Å². The van der Waals surface area contributed by atoms with E-state index in [2.05, 4.69) is 55.4 Å². The van der Waals surface area contributed by atoms with Gasteiger partial charge < -0.3 is 14.0 Å². The van der Waals surface area contributed by atoms with Crippen LogP contribution in [0.4, 0.5) is 0 Å². The minimum atomic E-state index is -0.492. The van der Waals surface area contributed by atoms with Crippen LogP contribution in [0.1, 0.15) is 46.4 Å². The zero-order valence-corrected chi connectivity index (χ0v) is 16.8. The number of hydrogen-bond acceptors (Lipinski definition) is 4. The van der Waals surface area contributed by atoms with Gasteiger partial charge in [-0.2, -0.15) is 0 Å². The summed E-state index contributed by atoms with van der Waals surface area (Å²) in [5.41, 5.74) is 3.18. The van der Waals surface area contributed by atoms with Gasteiger partial charge in [0.2, 0.25) is 0 Å². The molecule has 0 unspecified atom stereocenters. The van der Waals surface area contributed by atoms with Crippen molar-refractivity contribution in [2.75, 3.05) is 13.2 Å². The second kappa shape index (κ2) is 6.88. The summed E-state index contributed by atoms with van der Waals surface area (Å²) in [4.78, 5) is 9.52. The maximum atomic E-state index is 5.87. The third-order valence-electron chi connectivity index (χ3n) is 5.32. The molecule has 27 heavy (non-hydrogen) atoms. The quantitative estimate of drug-likeness (QED) is 0.633. The lowest BCUT2D eigenvalue weighted by Crippen LogP contribution is -2.35. The van der Waals surface area contributed by atoms with Crippen molar-refractivity contribution in [2.24, 2.45) is 5.41 Å². The van der Waals surface area contributed by atoms with Crippen molar-refractivity contribution in [1.29, 1.82) is 0 Å². The first-order valence-corrected chi connectivity index (χ1v) is 9.92. The first-order valence-electron chi connectivity index (χ1n) is 9.92. The summed E-state index contributed by atoms with van der Waals surface area (Å²) in [5, 5.41) is 1.17. The van der Waals surface area contributed by atoms with Crippen molar-refractivity contribution >= 4 is 21.9 Å². The van der Waals surface area contributed by atoms with Crippen LogP contribution in [0.2, 0.25) is 0 Å². The molecule has 144 valence electrons. The second-order valence-corrected chi connectivity index (χ2v) is 8.55. The van der Waals surface area contributed by atoms with Gasteiger partial charge in [-0.3, -0.25) is 4.98 Å². The van der Waals surface area contributed by atoms with E-state index < -0.39 is 5.79 Å². The summed E-state index contributed by atoms with van der Waals surface area (Å²) in [5.74, 6) is 0.645. The summed E-state index contributed by atoms with van der Waals surface area (Å²) < 4.78 is 14.2. The smallest absolute Gasteiger partial charge is 0.166 e. The van der Waals surface area contributed by atoms with Crippen molar-refractivity contribution in [2.45, 2.75) is 59.3 Å². The van der Waals surface area contributed by atoms with E-state index in [0.717, 1.165) is 42.7 Å². The standard InChI is InChI=1S/C22H29N3O2/c1-5-8-19-24-18-13-23-17-10-7-6-9-16(17)20(18)25(19)15-21(2,3)14-22(4)26-11-12-27-22/h6-7,9-10,13H,5,8,11-12,14-15H2,1-4H3.